The molecule has 2 unspecified atom stereocenters. The second-order valence-electron chi connectivity index (χ2n) is 5.27. The first-order chi connectivity index (χ1) is 9.11. The van der Waals surface area contributed by atoms with Crippen LogP contribution in [-0.4, -0.2) is 27.6 Å². The minimum atomic E-state index is -0.0517. The molecule has 1 heterocycles. The van der Waals surface area contributed by atoms with Crippen molar-refractivity contribution in [2.45, 2.75) is 44.4 Å². The molecule has 2 atom stereocenters. The summed E-state index contributed by atoms with van der Waals surface area (Å²) in [6, 6.07) is 1.86. The highest BCUT2D eigenvalue weighted by molar-refractivity contribution is 6.20. The molecule has 2 rings (SSSR count). The maximum Gasteiger partial charge on any atom is 0.269 e. The molecule has 19 heavy (non-hydrogen) atoms. The SMILES string of the molecule is CCc1cc(C(=O)NCC2CCCCC2Cl)n(C)n1. The molecule has 5 heteroatoms. The van der Waals surface area contributed by atoms with Crippen LogP contribution in [0.15, 0.2) is 6.07 Å². The summed E-state index contributed by atoms with van der Waals surface area (Å²) >= 11 is 6.30. The van der Waals surface area contributed by atoms with Crippen molar-refractivity contribution in [2.24, 2.45) is 13.0 Å². The van der Waals surface area contributed by atoms with Gasteiger partial charge in [-0.15, -0.1) is 11.6 Å². The van der Waals surface area contributed by atoms with Crippen LogP contribution in [0.5, 0.6) is 0 Å². The average molecular weight is 284 g/mol. The Morgan fingerprint density at radius 1 is 1.53 bits per heavy atom. The topological polar surface area (TPSA) is 46.9 Å². The highest BCUT2D eigenvalue weighted by atomic mass is 35.5. The molecular formula is C14H22ClN3O. The molecule has 4 nitrogen and oxygen atoms in total. The predicted octanol–water partition coefficient (Wildman–Crippen LogP) is 2.51. The quantitative estimate of drug-likeness (QED) is 0.863. The van der Waals surface area contributed by atoms with Gasteiger partial charge in [-0.25, -0.2) is 0 Å². The van der Waals surface area contributed by atoms with Gasteiger partial charge in [-0.1, -0.05) is 19.8 Å². The van der Waals surface area contributed by atoms with Gasteiger partial charge in [0, 0.05) is 19.0 Å². The molecule has 106 valence electrons. The molecule has 0 aromatic carbocycles. The van der Waals surface area contributed by atoms with Gasteiger partial charge in [-0.3, -0.25) is 9.48 Å². The number of amides is 1. The van der Waals surface area contributed by atoms with Crippen LogP contribution in [0.2, 0.25) is 0 Å². The zero-order valence-corrected chi connectivity index (χ0v) is 12.4. The second-order valence-corrected chi connectivity index (χ2v) is 5.83. The zero-order chi connectivity index (χ0) is 13.8. The van der Waals surface area contributed by atoms with Crippen LogP contribution in [0.4, 0.5) is 0 Å². The Bertz CT molecular complexity index is 444. The Kier molecular flexibility index (Phi) is 4.86. The Labute approximate surface area is 119 Å². The van der Waals surface area contributed by atoms with E-state index in [1.807, 2.05) is 13.0 Å². The van der Waals surface area contributed by atoms with Gasteiger partial charge in [0.15, 0.2) is 0 Å². The summed E-state index contributed by atoms with van der Waals surface area (Å²) in [4.78, 5) is 12.1. The molecule has 1 aromatic rings. The molecule has 1 saturated carbocycles. The Balaban J connectivity index is 1.91. The first-order valence-electron chi connectivity index (χ1n) is 7.07. The van der Waals surface area contributed by atoms with E-state index in [1.165, 1.54) is 12.8 Å². The van der Waals surface area contributed by atoms with E-state index in [0.717, 1.165) is 25.0 Å². The smallest absolute Gasteiger partial charge is 0.269 e. The molecule has 1 fully saturated rings. The van der Waals surface area contributed by atoms with E-state index in [2.05, 4.69) is 10.4 Å². The third-order valence-electron chi connectivity index (χ3n) is 3.87. The Hall–Kier alpha value is -1.03. The maximum atomic E-state index is 12.1. The highest BCUT2D eigenvalue weighted by Gasteiger charge is 2.24. The number of rotatable bonds is 4. The third-order valence-corrected chi connectivity index (χ3v) is 4.44. The van der Waals surface area contributed by atoms with Crippen LogP contribution in [-0.2, 0) is 13.5 Å². The number of carbonyl (C=O) groups excluding carboxylic acids is 1. The molecule has 0 spiro atoms. The zero-order valence-electron chi connectivity index (χ0n) is 11.7. The summed E-state index contributed by atoms with van der Waals surface area (Å²) in [7, 11) is 1.80. The molecule has 1 aliphatic carbocycles. The number of hydrogen-bond donors (Lipinski definition) is 1. The van der Waals surface area contributed by atoms with Gasteiger partial charge >= 0.3 is 0 Å². The first kappa shape index (κ1) is 14.4. The molecular weight excluding hydrogens is 262 g/mol. The first-order valence-corrected chi connectivity index (χ1v) is 7.50. The number of nitrogens with zero attached hydrogens (tertiary/aromatic N) is 2. The summed E-state index contributed by atoms with van der Waals surface area (Å²) in [6.07, 6.45) is 5.44. The summed E-state index contributed by atoms with van der Waals surface area (Å²) in [5.41, 5.74) is 1.57. The Morgan fingerprint density at radius 2 is 2.26 bits per heavy atom. The van der Waals surface area contributed by atoms with Crippen molar-refractivity contribution in [3.8, 4) is 0 Å². The molecule has 1 aromatic heterocycles. The monoisotopic (exact) mass is 283 g/mol. The number of nitrogens with one attached hydrogen (secondary N) is 1. The highest BCUT2D eigenvalue weighted by Crippen LogP contribution is 2.28. The van der Waals surface area contributed by atoms with Gasteiger partial charge in [0.25, 0.3) is 5.91 Å². The molecule has 1 amide bonds. The van der Waals surface area contributed by atoms with Gasteiger partial charge < -0.3 is 5.32 Å². The van der Waals surface area contributed by atoms with Crippen LogP contribution in [0.1, 0.15) is 48.8 Å². The minimum Gasteiger partial charge on any atom is -0.350 e. The average Bonchev–Trinajstić information content (AvgIpc) is 2.79. The van der Waals surface area contributed by atoms with Crippen LogP contribution >= 0.6 is 11.6 Å². The van der Waals surface area contributed by atoms with Gasteiger partial charge in [-0.05, 0) is 31.2 Å². The summed E-state index contributed by atoms with van der Waals surface area (Å²) in [6.45, 7) is 2.70. The number of aromatic nitrogens is 2. The van der Waals surface area contributed by atoms with Gasteiger partial charge in [0.05, 0.1) is 5.69 Å². The molecule has 0 saturated heterocycles. The van der Waals surface area contributed by atoms with Crippen molar-refractivity contribution in [3.63, 3.8) is 0 Å². The van der Waals surface area contributed by atoms with Crippen LogP contribution in [0, 0.1) is 5.92 Å². The second kappa shape index (κ2) is 6.42. The Morgan fingerprint density at radius 3 is 2.89 bits per heavy atom. The van der Waals surface area contributed by atoms with Crippen LogP contribution < -0.4 is 5.32 Å². The number of aryl methyl sites for hydroxylation is 2. The fourth-order valence-electron chi connectivity index (χ4n) is 2.62. The van der Waals surface area contributed by atoms with Crippen molar-refractivity contribution in [3.05, 3.63) is 17.5 Å². The van der Waals surface area contributed by atoms with E-state index in [4.69, 9.17) is 11.6 Å². The number of carbonyl (C=O) groups is 1. The van der Waals surface area contributed by atoms with E-state index in [1.54, 1.807) is 11.7 Å². The van der Waals surface area contributed by atoms with Crippen molar-refractivity contribution >= 4 is 17.5 Å². The van der Waals surface area contributed by atoms with Gasteiger partial charge in [-0.2, -0.15) is 5.10 Å². The van der Waals surface area contributed by atoms with Crippen LogP contribution in [0.25, 0.3) is 0 Å². The fourth-order valence-corrected chi connectivity index (χ4v) is 2.99. The minimum absolute atomic E-state index is 0.0517. The van der Waals surface area contributed by atoms with E-state index in [9.17, 15) is 4.79 Å². The lowest BCUT2D eigenvalue weighted by molar-refractivity contribution is 0.0934. The van der Waals surface area contributed by atoms with E-state index >= 15 is 0 Å². The van der Waals surface area contributed by atoms with Crippen molar-refractivity contribution in [1.29, 1.82) is 0 Å². The lowest BCUT2D eigenvalue weighted by Crippen LogP contribution is -2.35. The molecule has 1 aliphatic rings. The number of hydrogen-bond acceptors (Lipinski definition) is 2. The summed E-state index contributed by atoms with van der Waals surface area (Å²) in [5.74, 6) is 0.349. The van der Waals surface area contributed by atoms with Crippen molar-refractivity contribution in [2.75, 3.05) is 6.54 Å². The number of alkyl halides is 1. The van der Waals surface area contributed by atoms with Crippen molar-refractivity contribution < 1.29 is 4.79 Å². The maximum absolute atomic E-state index is 12.1. The van der Waals surface area contributed by atoms with Crippen molar-refractivity contribution in [1.82, 2.24) is 15.1 Å². The number of halogens is 1. The largest absolute Gasteiger partial charge is 0.350 e. The normalized spacial score (nSPS) is 23.3. The van der Waals surface area contributed by atoms with Gasteiger partial charge in [0.2, 0.25) is 0 Å². The third kappa shape index (κ3) is 3.50. The standard InChI is InChI=1S/C14H22ClN3O/c1-3-11-8-13(18(2)17-11)14(19)16-9-10-6-4-5-7-12(10)15/h8,10,12H,3-7,9H2,1-2H3,(H,16,19). The molecule has 1 N–H and O–H groups in total. The summed E-state index contributed by atoms with van der Waals surface area (Å²) in [5, 5.41) is 7.48. The predicted molar refractivity (Wildman–Crippen MR) is 76.5 cm³/mol. The molecule has 0 radical (unpaired) electrons. The molecule has 0 aliphatic heterocycles. The van der Waals surface area contributed by atoms with Gasteiger partial charge in [0.1, 0.15) is 5.69 Å². The lowest BCUT2D eigenvalue weighted by Gasteiger charge is -2.27. The fraction of sp³-hybridized carbons (Fsp3) is 0.714. The molecule has 0 bridgehead atoms. The van der Waals surface area contributed by atoms with Crippen LogP contribution in [0.3, 0.4) is 0 Å². The lowest BCUT2D eigenvalue weighted by atomic mass is 9.89. The summed E-state index contributed by atoms with van der Waals surface area (Å²) < 4.78 is 1.65. The van der Waals surface area contributed by atoms with E-state index < -0.39 is 0 Å². The van der Waals surface area contributed by atoms with E-state index in [0.29, 0.717) is 18.2 Å². The van der Waals surface area contributed by atoms with E-state index in [-0.39, 0.29) is 11.3 Å².